The number of nitrogens with one attached hydrogen (secondary N) is 1. The Bertz CT molecular complexity index is 297. The van der Waals surface area contributed by atoms with Crippen LogP contribution in [0.5, 0.6) is 0 Å². The van der Waals surface area contributed by atoms with E-state index in [4.69, 9.17) is 9.47 Å². The van der Waals surface area contributed by atoms with Gasteiger partial charge in [-0.2, -0.15) is 0 Å². The zero-order chi connectivity index (χ0) is 12.5. The molecule has 0 fully saturated rings. The molecule has 1 N–H and O–H groups in total. The summed E-state index contributed by atoms with van der Waals surface area (Å²) in [4.78, 5) is 0. The van der Waals surface area contributed by atoms with Gasteiger partial charge in [0.25, 0.3) is 0 Å². The number of nitrogens with zero attached hydrogens (tertiary/aromatic N) is 3. The zero-order valence-corrected chi connectivity index (χ0v) is 10.8. The molecule has 17 heavy (non-hydrogen) atoms. The Morgan fingerprint density at radius 2 is 2.00 bits per heavy atom. The van der Waals surface area contributed by atoms with Crippen LogP contribution in [0.4, 0.5) is 0 Å². The molecular formula is C11H22N4O2. The Balaban J connectivity index is 2.30. The van der Waals surface area contributed by atoms with Crippen LogP contribution in [0.2, 0.25) is 0 Å². The molecule has 0 aliphatic heterocycles. The Labute approximate surface area is 102 Å². The third kappa shape index (κ3) is 4.80. The quantitative estimate of drug-likeness (QED) is 0.649. The minimum atomic E-state index is -0.192. The zero-order valence-electron chi connectivity index (χ0n) is 10.8. The lowest BCUT2D eigenvalue weighted by Crippen LogP contribution is -2.32. The molecule has 0 saturated heterocycles. The molecular weight excluding hydrogens is 220 g/mol. The fourth-order valence-corrected chi connectivity index (χ4v) is 1.52. The standard InChI is InChI=1S/C11H22N4O2/c1-4-15-9-13-14-10(15)7-12-8-11(16-5-2)17-6-3/h9,11-12H,4-8H2,1-3H3. The third-order valence-corrected chi connectivity index (χ3v) is 2.34. The van der Waals surface area contributed by atoms with E-state index in [1.54, 1.807) is 6.33 Å². The SMILES string of the molecule is CCOC(CNCc1nncn1CC)OCC. The molecule has 98 valence electrons. The maximum Gasteiger partial charge on any atom is 0.169 e. The smallest absolute Gasteiger partial charge is 0.169 e. The highest BCUT2D eigenvalue weighted by Crippen LogP contribution is 1.96. The lowest BCUT2D eigenvalue weighted by Gasteiger charge is -2.17. The lowest BCUT2D eigenvalue weighted by atomic mass is 10.5. The molecule has 0 aliphatic rings. The number of hydrogen-bond donors (Lipinski definition) is 1. The van der Waals surface area contributed by atoms with E-state index in [1.165, 1.54) is 0 Å². The van der Waals surface area contributed by atoms with Crippen LogP contribution in [0, 0.1) is 0 Å². The topological polar surface area (TPSA) is 61.2 Å². The molecule has 0 atom stereocenters. The number of hydrogen-bond acceptors (Lipinski definition) is 5. The van der Waals surface area contributed by atoms with Gasteiger partial charge in [-0.1, -0.05) is 0 Å². The molecule has 6 heteroatoms. The fraction of sp³-hybridized carbons (Fsp3) is 0.818. The van der Waals surface area contributed by atoms with E-state index in [0.717, 1.165) is 12.4 Å². The molecule has 0 spiro atoms. The van der Waals surface area contributed by atoms with Crippen molar-refractivity contribution in [1.29, 1.82) is 0 Å². The molecule has 0 unspecified atom stereocenters. The van der Waals surface area contributed by atoms with Crippen LogP contribution in [-0.2, 0) is 22.6 Å². The van der Waals surface area contributed by atoms with Gasteiger partial charge in [-0.25, -0.2) is 0 Å². The van der Waals surface area contributed by atoms with Crippen molar-refractivity contribution in [3.63, 3.8) is 0 Å². The lowest BCUT2D eigenvalue weighted by molar-refractivity contribution is -0.133. The molecule has 0 aromatic carbocycles. The molecule has 1 aromatic rings. The van der Waals surface area contributed by atoms with Crippen molar-refractivity contribution in [3.05, 3.63) is 12.2 Å². The molecule has 0 amide bonds. The summed E-state index contributed by atoms with van der Waals surface area (Å²) in [7, 11) is 0. The van der Waals surface area contributed by atoms with Gasteiger partial charge in [-0.15, -0.1) is 10.2 Å². The normalized spacial score (nSPS) is 11.3. The van der Waals surface area contributed by atoms with Crippen LogP contribution in [-0.4, -0.2) is 40.8 Å². The third-order valence-electron chi connectivity index (χ3n) is 2.34. The molecule has 0 saturated carbocycles. The maximum atomic E-state index is 5.43. The first kappa shape index (κ1) is 14.1. The molecule has 1 rings (SSSR count). The van der Waals surface area contributed by atoms with Gasteiger partial charge in [0.05, 0.1) is 6.54 Å². The number of rotatable bonds is 9. The minimum Gasteiger partial charge on any atom is -0.352 e. The van der Waals surface area contributed by atoms with Crippen molar-refractivity contribution in [2.75, 3.05) is 19.8 Å². The summed E-state index contributed by atoms with van der Waals surface area (Å²) in [5.41, 5.74) is 0. The highest BCUT2D eigenvalue weighted by molar-refractivity contribution is 4.84. The second-order valence-electron chi connectivity index (χ2n) is 3.50. The summed E-state index contributed by atoms with van der Waals surface area (Å²) >= 11 is 0. The van der Waals surface area contributed by atoms with Gasteiger partial charge in [-0.3, -0.25) is 0 Å². The van der Waals surface area contributed by atoms with E-state index in [0.29, 0.717) is 26.3 Å². The molecule has 0 radical (unpaired) electrons. The van der Waals surface area contributed by atoms with Crippen LogP contribution in [0.1, 0.15) is 26.6 Å². The molecule has 0 bridgehead atoms. The van der Waals surface area contributed by atoms with E-state index in [2.05, 4.69) is 22.4 Å². The summed E-state index contributed by atoms with van der Waals surface area (Å²) < 4.78 is 12.9. The van der Waals surface area contributed by atoms with Crippen LogP contribution in [0.15, 0.2) is 6.33 Å². The molecule has 0 aliphatic carbocycles. The van der Waals surface area contributed by atoms with Crippen molar-refractivity contribution >= 4 is 0 Å². The van der Waals surface area contributed by atoms with Crippen molar-refractivity contribution in [1.82, 2.24) is 20.1 Å². The average Bonchev–Trinajstić information content (AvgIpc) is 2.77. The first-order valence-corrected chi connectivity index (χ1v) is 6.12. The van der Waals surface area contributed by atoms with E-state index in [1.807, 2.05) is 18.4 Å². The first-order chi connectivity index (χ1) is 8.31. The van der Waals surface area contributed by atoms with Crippen LogP contribution < -0.4 is 5.32 Å². The van der Waals surface area contributed by atoms with Gasteiger partial charge in [0.1, 0.15) is 12.2 Å². The second-order valence-corrected chi connectivity index (χ2v) is 3.50. The molecule has 6 nitrogen and oxygen atoms in total. The van der Waals surface area contributed by atoms with Crippen molar-refractivity contribution < 1.29 is 9.47 Å². The Hall–Kier alpha value is -0.980. The van der Waals surface area contributed by atoms with Gasteiger partial charge in [0.2, 0.25) is 0 Å². The monoisotopic (exact) mass is 242 g/mol. The number of ether oxygens (including phenoxy) is 2. The number of aryl methyl sites for hydroxylation is 1. The second kappa shape index (κ2) is 8.16. The number of aromatic nitrogens is 3. The summed E-state index contributed by atoms with van der Waals surface area (Å²) in [6.07, 6.45) is 1.54. The summed E-state index contributed by atoms with van der Waals surface area (Å²) in [6.45, 7) is 9.48. The van der Waals surface area contributed by atoms with Gasteiger partial charge >= 0.3 is 0 Å². The maximum absolute atomic E-state index is 5.43. The molecule has 1 heterocycles. The van der Waals surface area contributed by atoms with Gasteiger partial charge in [-0.05, 0) is 20.8 Å². The van der Waals surface area contributed by atoms with E-state index >= 15 is 0 Å². The van der Waals surface area contributed by atoms with Gasteiger partial charge < -0.3 is 19.4 Å². The summed E-state index contributed by atoms with van der Waals surface area (Å²) in [5.74, 6) is 0.930. The average molecular weight is 242 g/mol. The first-order valence-electron chi connectivity index (χ1n) is 6.12. The van der Waals surface area contributed by atoms with Crippen LogP contribution in [0.3, 0.4) is 0 Å². The minimum absolute atomic E-state index is 0.192. The van der Waals surface area contributed by atoms with Gasteiger partial charge in [0, 0.05) is 26.3 Å². The van der Waals surface area contributed by atoms with E-state index in [9.17, 15) is 0 Å². The van der Waals surface area contributed by atoms with Crippen LogP contribution >= 0.6 is 0 Å². The largest absolute Gasteiger partial charge is 0.352 e. The van der Waals surface area contributed by atoms with Crippen molar-refractivity contribution in [3.8, 4) is 0 Å². The van der Waals surface area contributed by atoms with E-state index in [-0.39, 0.29) is 6.29 Å². The Morgan fingerprint density at radius 1 is 1.29 bits per heavy atom. The van der Waals surface area contributed by atoms with Crippen molar-refractivity contribution in [2.45, 2.75) is 40.2 Å². The molecule has 1 aromatic heterocycles. The Morgan fingerprint density at radius 3 is 2.59 bits per heavy atom. The van der Waals surface area contributed by atoms with Crippen LogP contribution in [0.25, 0.3) is 0 Å². The summed E-state index contributed by atoms with van der Waals surface area (Å²) in [6, 6.07) is 0. The highest BCUT2D eigenvalue weighted by atomic mass is 16.7. The summed E-state index contributed by atoms with van der Waals surface area (Å²) in [5, 5.41) is 11.2. The highest BCUT2D eigenvalue weighted by Gasteiger charge is 2.08. The predicted octanol–water partition coefficient (Wildman–Crippen LogP) is 0.787. The van der Waals surface area contributed by atoms with Gasteiger partial charge in [0.15, 0.2) is 6.29 Å². The Kier molecular flexibility index (Phi) is 6.76. The van der Waals surface area contributed by atoms with E-state index < -0.39 is 0 Å². The van der Waals surface area contributed by atoms with Crippen molar-refractivity contribution in [2.24, 2.45) is 0 Å². The fourth-order valence-electron chi connectivity index (χ4n) is 1.52. The predicted molar refractivity (Wildman–Crippen MR) is 64.4 cm³/mol.